The highest BCUT2D eigenvalue weighted by atomic mass is 16.3. The predicted molar refractivity (Wildman–Crippen MR) is 103 cm³/mol. The Morgan fingerprint density at radius 3 is 2.00 bits per heavy atom. The third kappa shape index (κ3) is 3.57. The first kappa shape index (κ1) is 18.0. The summed E-state index contributed by atoms with van der Waals surface area (Å²) in [5.41, 5.74) is 6.03. The van der Waals surface area contributed by atoms with Crippen molar-refractivity contribution < 1.29 is 4.42 Å². The fraction of sp³-hybridized carbons (Fsp3) is 0.250. The van der Waals surface area contributed by atoms with E-state index in [0.29, 0.717) is 0 Å². The van der Waals surface area contributed by atoms with Gasteiger partial charge in [0.05, 0.1) is 10.9 Å². The maximum atomic E-state index is 6.00. The Hall–Kier alpha value is -2.09. The van der Waals surface area contributed by atoms with E-state index in [-0.39, 0.29) is 8.41 Å². The van der Waals surface area contributed by atoms with Crippen LogP contribution in [-0.4, -0.2) is 8.41 Å². The summed E-state index contributed by atoms with van der Waals surface area (Å²) in [5.74, 6) is 0.921. The first-order valence-electron chi connectivity index (χ1n) is 7.55. The largest absolute Gasteiger partial charge is 0.360 e. The van der Waals surface area contributed by atoms with Crippen LogP contribution in [0.1, 0.15) is 30.5 Å². The van der Waals surface area contributed by atoms with Crippen LogP contribution in [0.25, 0.3) is 22.3 Å². The second kappa shape index (κ2) is 7.79. The van der Waals surface area contributed by atoms with E-state index in [1.54, 1.807) is 0 Å². The van der Waals surface area contributed by atoms with E-state index in [9.17, 15) is 0 Å². The molecule has 1 nitrogen and oxygen atoms in total. The quantitative estimate of drug-likeness (QED) is 0.460. The summed E-state index contributed by atoms with van der Waals surface area (Å²) in [7, 11) is 0. The summed E-state index contributed by atoms with van der Waals surface area (Å²) in [6.07, 6.45) is 0. The molecule has 2 heteroatoms. The average molecular weight is 294 g/mol. The summed E-state index contributed by atoms with van der Waals surface area (Å²) in [6, 6.07) is 16.6. The molecule has 0 aliphatic carbocycles. The Morgan fingerprint density at radius 2 is 1.36 bits per heavy atom. The number of fused-ring (bicyclic) bond motifs is 1. The zero-order valence-corrected chi connectivity index (χ0v) is 13.5. The van der Waals surface area contributed by atoms with Gasteiger partial charge in [-0.25, -0.2) is 4.42 Å². The Labute approximate surface area is 135 Å². The molecule has 0 amide bonds. The lowest BCUT2D eigenvalue weighted by Gasteiger charge is -2.05. The summed E-state index contributed by atoms with van der Waals surface area (Å²) >= 11 is 0. The van der Waals surface area contributed by atoms with Gasteiger partial charge in [0.2, 0.25) is 0 Å². The molecule has 3 aromatic rings. The molecule has 0 atom stereocenters. The molecule has 0 bridgehead atoms. The third-order valence-electron chi connectivity index (χ3n) is 3.76. The summed E-state index contributed by atoms with van der Waals surface area (Å²) in [5, 5.41) is 1.13. The monoisotopic (exact) mass is 294 g/mol. The fourth-order valence-corrected chi connectivity index (χ4v) is 2.36. The van der Waals surface area contributed by atoms with E-state index in [2.05, 4.69) is 45.0 Å². The van der Waals surface area contributed by atoms with Crippen molar-refractivity contribution in [1.82, 2.24) is 0 Å². The number of para-hydroxylation sites is 1. The van der Waals surface area contributed by atoms with Crippen molar-refractivity contribution in [2.24, 2.45) is 0 Å². The van der Waals surface area contributed by atoms with Gasteiger partial charge < -0.3 is 0 Å². The third-order valence-corrected chi connectivity index (χ3v) is 3.76. The van der Waals surface area contributed by atoms with Gasteiger partial charge in [-0.2, -0.15) is 0 Å². The zero-order chi connectivity index (χ0) is 15.4. The molecule has 3 rings (SSSR count). The van der Waals surface area contributed by atoms with Crippen molar-refractivity contribution >= 4 is 19.4 Å². The van der Waals surface area contributed by atoms with Crippen LogP contribution in [0.2, 0.25) is 0 Å². The van der Waals surface area contributed by atoms with E-state index in [0.717, 1.165) is 22.3 Å². The van der Waals surface area contributed by atoms with Crippen LogP contribution in [0.3, 0.4) is 0 Å². The normalized spacial score (nSPS) is 9.68. The van der Waals surface area contributed by atoms with Crippen molar-refractivity contribution in [2.75, 3.05) is 0 Å². The summed E-state index contributed by atoms with van der Waals surface area (Å²) in [6.45, 7) is 10.5. The second-order valence-corrected chi connectivity index (χ2v) is 5.07. The lowest BCUT2D eigenvalue weighted by Crippen LogP contribution is -1.88. The Balaban J connectivity index is 0.000000775. The van der Waals surface area contributed by atoms with Crippen LogP contribution in [0.4, 0.5) is 0 Å². The van der Waals surface area contributed by atoms with Gasteiger partial charge >= 0.3 is 11.3 Å². The number of benzene rings is 2. The first-order valence-corrected chi connectivity index (χ1v) is 7.55. The molecule has 1 heterocycles. The molecule has 1 aromatic heterocycles. The SMILES string of the molecule is CC.Cc1cc(-c2ccc3ccccc3[o+]2)cc(C)c1C.[BH4-]. The number of hydrogen-bond donors (Lipinski definition) is 0. The van der Waals surface area contributed by atoms with Gasteiger partial charge in [-0.05, 0) is 61.7 Å². The van der Waals surface area contributed by atoms with Crippen molar-refractivity contribution in [1.29, 1.82) is 0 Å². The van der Waals surface area contributed by atoms with Crippen LogP contribution in [0.5, 0.6) is 0 Å². The van der Waals surface area contributed by atoms with Crippen molar-refractivity contribution in [3.05, 3.63) is 65.2 Å². The van der Waals surface area contributed by atoms with Gasteiger partial charge in [0, 0.05) is 12.1 Å². The number of aryl methyl sites for hydroxylation is 2. The van der Waals surface area contributed by atoms with E-state index in [1.807, 2.05) is 38.1 Å². The van der Waals surface area contributed by atoms with Gasteiger partial charge in [-0.3, -0.25) is 0 Å². The van der Waals surface area contributed by atoms with E-state index >= 15 is 0 Å². The molecule has 0 spiro atoms. The molecule has 2 aromatic carbocycles. The first-order chi connectivity index (χ1) is 10.1. The maximum absolute atomic E-state index is 6.00. The van der Waals surface area contributed by atoms with Crippen LogP contribution < -0.4 is 0 Å². The van der Waals surface area contributed by atoms with Crippen LogP contribution in [0, 0.1) is 20.8 Å². The van der Waals surface area contributed by atoms with Crippen molar-refractivity contribution in [3.8, 4) is 11.3 Å². The van der Waals surface area contributed by atoms with Gasteiger partial charge in [0.1, 0.15) is 0 Å². The average Bonchev–Trinajstić information content (AvgIpc) is 2.53. The van der Waals surface area contributed by atoms with Gasteiger partial charge in [-0.1, -0.05) is 34.4 Å². The highest BCUT2D eigenvalue weighted by Gasteiger charge is 2.15. The minimum Gasteiger partial charge on any atom is -0.207 e. The summed E-state index contributed by atoms with van der Waals surface area (Å²) < 4.78 is 6.00. The fourth-order valence-electron chi connectivity index (χ4n) is 2.36. The van der Waals surface area contributed by atoms with Gasteiger partial charge in [0.25, 0.3) is 0 Å². The highest BCUT2D eigenvalue weighted by Crippen LogP contribution is 2.27. The smallest absolute Gasteiger partial charge is 0.207 e. The molecule has 0 saturated heterocycles. The number of rotatable bonds is 1. The molecule has 0 saturated carbocycles. The molecule has 116 valence electrons. The topological polar surface area (TPSA) is 11.3 Å². The highest BCUT2D eigenvalue weighted by molar-refractivity contribution is 5.78. The lowest BCUT2D eigenvalue weighted by atomic mass is 9.99. The lowest BCUT2D eigenvalue weighted by molar-refractivity contribution is 0.620. The molecule has 0 aliphatic rings. The minimum atomic E-state index is 0. The molecule has 0 radical (unpaired) electrons. The molecule has 22 heavy (non-hydrogen) atoms. The van der Waals surface area contributed by atoms with Crippen molar-refractivity contribution in [3.63, 3.8) is 0 Å². The minimum absolute atomic E-state index is 0. The molecular formula is C20H27BO. The summed E-state index contributed by atoms with van der Waals surface area (Å²) in [4.78, 5) is 0. The molecule has 0 aliphatic heterocycles. The van der Waals surface area contributed by atoms with E-state index in [1.165, 1.54) is 16.7 Å². The molecule has 0 unspecified atom stereocenters. The standard InChI is InChI=1S/C18H17O.C2H6.BH4/c1-12-10-16(11-13(2)14(12)3)18-9-8-15-6-4-5-7-17(15)19-18;1-2;/h4-11H,1-3H3;1-2H3;1H4/q+1;;-1. The van der Waals surface area contributed by atoms with Crippen LogP contribution in [0.15, 0.2) is 52.9 Å². The molecule has 0 N–H and O–H groups in total. The maximum Gasteiger partial charge on any atom is 0.360 e. The van der Waals surface area contributed by atoms with Crippen LogP contribution in [-0.2, 0) is 0 Å². The molecular weight excluding hydrogens is 267 g/mol. The second-order valence-electron chi connectivity index (χ2n) is 5.07. The Kier molecular flexibility index (Phi) is 6.36. The van der Waals surface area contributed by atoms with Crippen molar-refractivity contribution in [2.45, 2.75) is 34.6 Å². The molecule has 0 fully saturated rings. The van der Waals surface area contributed by atoms with Gasteiger partial charge in [-0.15, -0.1) is 0 Å². The van der Waals surface area contributed by atoms with E-state index in [4.69, 9.17) is 4.42 Å². The Morgan fingerprint density at radius 1 is 0.773 bits per heavy atom. The number of hydrogen-bond acceptors (Lipinski definition) is 0. The predicted octanol–water partition coefficient (Wildman–Crippen LogP) is 4.88. The van der Waals surface area contributed by atoms with Crippen LogP contribution >= 0.6 is 0 Å². The Bertz CT molecular complexity index is 739. The van der Waals surface area contributed by atoms with E-state index < -0.39 is 0 Å². The van der Waals surface area contributed by atoms with Gasteiger partial charge in [0.15, 0.2) is 0 Å². The zero-order valence-electron chi connectivity index (χ0n) is 13.5.